The Bertz CT molecular complexity index is 403. The summed E-state index contributed by atoms with van der Waals surface area (Å²) < 4.78 is 1.11. The maximum Gasteiger partial charge on any atom is 0.0415 e. The maximum atomic E-state index is 6.10. The van der Waals surface area contributed by atoms with E-state index in [1.165, 1.54) is 43.6 Å². The second-order valence-corrected chi connectivity index (χ2v) is 6.30. The van der Waals surface area contributed by atoms with Crippen molar-refractivity contribution in [1.82, 2.24) is 0 Å². The molecule has 3 heteroatoms. The first kappa shape index (κ1) is 13.9. The summed E-state index contributed by atoms with van der Waals surface area (Å²) in [5, 5.41) is 0. The van der Waals surface area contributed by atoms with Crippen LogP contribution in [0.25, 0.3) is 0 Å². The van der Waals surface area contributed by atoms with Gasteiger partial charge in [0.1, 0.15) is 0 Å². The van der Waals surface area contributed by atoms with E-state index in [-0.39, 0.29) is 6.04 Å². The summed E-state index contributed by atoms with van der Waals surface area (Å²) in [6.45, 7) is 6.70. The molecule has 1 aliphatic heterocycles. The lowest BCUT2D eigenvalue weighted by molar-refractivity contribution is 0.529. The summed E-state index contributed by atoms with van der Waals surface area (Å²) >= 11 is 3.54. The van der Waals surface area contributed by atoms with Crippen molar-refractivity contribution in [3.8, 4) is 0 Å². The van der Waals surface area contributed by atoms with E-state index in [1.54, 1.807) is 0 Å². The van der Waals surface area contributed by atoms with E-state index in [0.29, 0.717) is 0 Å². The van der Waals surface area contributed by atoms with Crippen molar-refractivity contribution >= 4 is 21.6 Å². The van der Waals surface area contributed by atoms with Gasteiger partial charge in [-0.3, -0.25) is 0 Å². The Morgan fingerprint density at radius 3 is 2.94 bits per heavy atom. The molecule has 1 fully saturated rings. The molecule has 2 unspecified atom stereocenters. The van der Waals surface area contributed by atoms with E-state index in [1.807, 2.05) is 0 Å². The van der Waals surface area contributed by atoms with Gasteiger partial charge in [-0.15, -0.1) is 0 Å². The molecule has 0 saturated carbocycles. The van der Waals surface area contributed by atoms with Gasteiger partial charge in [-0.25, -0.2) is 0 Å². The van der Waals surface area contributed by atoms with Crippen LogP contribution < -0.4 is 10.6 Å². The highest BCUT2D eigenvalue weighted by molar-refractivity contribution is 9.10. The summed E-state index contributed by atoms with van der Waals surface area (Å²) in [4.78, 5) is 2.51. The minimum atomic E-state index is 0.0859. The van der Waals surface area contributed by atoms with E-state index >= 15 is 0 Å². The predicted molar refractivity (Wildman–Crippen MR) is 82.0 cm³/mol. The molecule has 2 rings (SSSR count). The van der Waals surface area contributed by atoms with Gasteiger partial charge in [-0.05, 0) is 49.4 Å². The van der Waals surface area contributed by atoms with Crippen molar-refractivity contribution in [3.63, 3.8) is 0 Å². The standard InChI is InChI=1S/C15H23BrN2/c1-3-4-12-7-8-18(10-12)15-6-5-13(16)9-14(15)11(2)17/h5-6,9,11-12H,3-4,7-8,10,17H2,1-2H3. The third-order valence-electron chi connectivity index (χ3n) is 3.80. The second kappa shape index (κ2) is 6.07. The molecule has 100 valence electrons. The average molecular weight is 311 g/mol. The fraction of sp³-hybridized carbons (Fsp3) is 0.600. The lowest BCUT2D eigenvalue weighted by atomic mass is 10.0. The first-order chi connectivity index (χ1) is 8.61. The summed E-state index contributed by atoms with van der Waals surface area (Å²) in [7, 11) is 0. The molecule has 18 heavy (non-hydrogen) atoms. The third-order valence-corrected chi connectivity index (χ3v) is 4.30. The molecule has 2 N–H and O–H groups in total. The van der Waals surface area contributed by atoms with E-state index in [9.17, 15) is 0 Å². The van der Waals surface area contributed by atoms with Gasteiger partial charge in [0, 0.05) is 29.3 Å². The minimum Gasteiger partial charge on any atom is -0.371 e. The number of nitrogens with two attached hydrogens (primary N) is 1. The van der Waals surface area contributed by atoms with Crippen molar-refractivity contribution in [2.45, 2.75) is 39.2 Å². The molecule has 0 radical (unpaired) electrons. The van der Waals surface area contributed by atoms with Gasteiger partial charge in [0.05, 0.1) is 0 Å². The van der Waals surface area contributed by atoms with Crippen LogP contribution in [0.2, 0.25) is 0 Å². The molecule has 2 nitrogen and oxygen atoms in total. The Morgan fingerprint density at radius 2 is 2.28 bits per heavy atom. The molecule has 1 aromatic carbocycles. The Kier molecular flexibility index (Phi) is 4.68. The molecule has 0 bridgehead atoms. The molecular weight excluding hydrogens is 288 g/mol. The molecule has 2 atom stereocenters. The van der Waals surface area contributed by atoms with Gasteiger partial charge >= 0.3 is 0 Å². The predicted octanol–water partition coefficient (Wildman–Crippen LogP) is 4.10. The van der Waals surface area contributed by atoms with E-state index in [2.05, 4.69) is 52.9 Å². The van der Waals surface area contributed by atoms with Crippen LogP contribution in [0.1, 0.15) is 44.7 Å². The zero-order valence-electron chi connectivity index (χ0n) is 11.3. The van der Waals surface area contributed by atoms with E-state index in [0.717, 1.165) is 10.4 Å². The normalized spacial score (nSPS) is 21.3. The fourth-order valence-corrected chi connectivity index (χ4v) is 3.25. The number of benzene rings is 1. The molecule has 1 aliphatic rings. The Balaban J connectivity index is 2.18. The summed E-state index contributed by atoms with van der Waals surface area (Å²) in [5.41, 5.74) is 8.67. The van der Waals surface area contributed by atoms with Crippen LogP contribution in [0.5, 0.6) is 0 Å². The molecule has 1 saturated heterocycles. The highest BCUT2D eigenvalue weighted by Gasteiger charge is 2.24. The van der Waals surface area contributed by atoms with Crippen LogP contribution in [0, 0.1) is 5.92 Å². The van der Waals surface area contributed by atoms with Crippen LogP contribution in [0.3, 0.4) is 0 Å². The maximum absolute atomic E-state index is 6.10. The van der Waals surface area contributed by atoms with Crippen molar-refractivity contribution in [3.05, 3.63) is 28.2 Å². The fourth-order valence-electron chi connectivity index (χ4n) is 2.87. The zero-order chi connectivity index (χ0) is 13.1. The minimum absolute atomic E-state index is 0.0859. The molecule has 0 amide bonds. The monoisotopic (exact) mass is 310 g/mol. The van der Waals surface area contributed by atoms with Crippen molar-refractivity contribution < 1.29 is 0 Å². The van der Waals surface area contributed by atoms with Gasteiger partial charge in [-0.2, -0.15) is 0 Å². The first-order valence-corrected chi connectivity index (χ1v) is 7.71. The number of anilines is 1. The lowest BCUT2D eigenvalue weighted by Gasteiger charge is -2.24. The van der Waals surface area contributed by atoms with Crippen molar-refractivity contribution in [2.24, 2.45) is 11.7 Å². The van der Waals surface area contributed by atoms with Gasteiger partial charge in [0.25, 0.3) is 0 Å². The summed E-state index contributed by atoms with van der Waals surface area (Å²) in [6.07, 6.45) is 3.96. The molecule has 0 spiro atoms. The highest BCUT2D eigenvalue weighted by atomic mass is 79.9. The molecule has 1 aromatic rings. The number of hydrogen-bond donors (Lipinski definition) is 1. The van der Waals surface area contributed by atoms with Crippen molar-refractivity contribution in [2.75, 3.05) is 18.0 Å². The average Bonchev–Trinajstić information content (AvgIpc) is 2.78. The van der Waals surface area contributed by atoms with Gasteiger partial charge in [0.15, 0.2) is 0 Å². The van der Waals surface area contributed by atoms with Gasteiger partial charge < -0.3 is 10.6 Å². The first-order valence-electron chi connectivity index (χ1n) is 6.91. The topological polar surface area (TPSA) is 29.3 Å². The summed E-state index contributed by atoms with van der Waals surface area (Å²) in [6, 6.07) is 6.57. The summed E-state index contributed by atoms with van der Waals surface area (Å²) in [5.74, 6) is 0.861. The molecule has 0 aromatic heterocycles. The largest absolute Gasteiger partial charge is 0.371 e. The molecular formula is C15H23BrN2. The number of nitrogens with zero attached hydrogens (tertiary/aromatic N) is 1. The van der Waals surface area contributed by atoms with Crippen LogP contribution in [-0.2, 0) is 0 Å². The number of halogens is 1. The van der Waals surface area contributed by atoms with Gasteiger partial charge in [0.2, 0.25) is 0 Å². The number of hydrogen-bond acceptors (Lipinski definition) is 2. The lowest BCUT2D eigenvalue weighted by Crippen LogP contribution is -2.22. The number of rotatable bonds is 4. The van der Waals surface area contributed by atoms with Crippen LogP contribution in [0.15, 0.2) is 22.7 Å². The SMILES string of the molecule is CCCC1CCN(c2ccc(Br)cc2C(C)N)C1. The van der Waals surface area contributed by atoms with E-state index < -0.39 is 0 Å². The highest BCUT2D eigenvalue weighted by Crippen LogP contribution is 2.33. The second-order valence-electron chi connectivity index (χ2n) is 5.38. The van der Waals surface area contributed by atoms with E-state index in [4.69, 9.17) is 5.73 Å². The smallest absolute Gasteiger partial charge is 0.0415 e. The van der Waals surface area contributed by atoms with Crippen molar-refractivity contribution in [1.29, 1.82) is 0 Å². The van der Waals surface area contributed by atoms with Gasteiger partial charge in [-0.1, -0.05) is 29.3 Å². The van der Waals surface area contributed by atoms with Crippen LogP contribution in [-0.4, -0.2) is 13.1 Å². The third kappa shape index (κ3) is 3.07. The molecule has 0 aliphatic carbocycles. The zero-order valence-corrected chi connectivity index (χ0v) is 12.9. The Hall–Kier alpha value is -0.540. The van der Waals surface area contributed by atoms with Crippen LogP contribution >= 0.6 is 15.9 Å². The quantitative estimate of drug-likeness (QED) is 0.907. The molecule has 1 heterocycles. The van der Waals surface area contributed by atoms with Crippen LogP contribution in [0.4, 0.5) is 5.69 Å². The Labute approximate surface area is 119 Å². The Morgan fingerprint density at radius 1 is 1.50 bits per heavy atom.